The third kappa shape index (κ3) is 5.00. The van der Waals surface area contributed by atoms with Gasteiger partial charge in [0.1, 0.15) is 0 Å². The molecule has 0 radical (unpaired) electrons. The van der Waals surface area contributed by atoms with Crippen molar-refractivity contribution in [3.05, 3.63) is 71.9 Å². The first kappa shape index (κ1) is 19.2. The molecule has 3 nitrogen and oxygen atoms in total. The molecule has 0 aliphatic heterocycles. The number of nitrogens with zero attached hydrogens (tertiary/aromatic N) is 1. The molecule has 0 spiro atoms. The van der Waals surface area contributed by atoms with Gasteiger partial charge in [0, 0.05) is 37.1 Å². The largest absolute Gasteiger partial charge is 0.356 e. The first-order valence-electron chi connectivity index (χ1n) is 9.89. The van der Waals surface area contributed by atoms with Crippen molar-refractivity contribution >= 4 is 16.8 Å². The number of carbonyl (C=O) groups is 1. The van der Waals surface area contributed by atoms with Gasteiger partial charge in [0.15, 0.2) is 0 Å². The van der Waals surface area contributed by atoms with Crippen molar-refractivity contribution in [3.63, 3.8) is 0 Å². The zero-order valence-electron chi connectivity index (χ0n) is 16.6. The lowest BCUT2D eigenvalue weighted by molar-refractivity contribution is -0.121. The minimum absolute atomic E-state index is 0.148. The summed E-state index contributed by atoms with van der Waals surface area (Å²) in [4.78, 5) is 12.6. The summed E-state index contributed by atoms with van der Waals surface area (Å²) >= 11 is 0. The lowest BCUT2D eigenvalue weighted by Gasteiger charge is -2.17. The van der Waals surface area contributed by atoms with Gasteiger partial charge in [-0.2, -0.15) is 0 Å². The monoisotopic (exact) mass is 362 g/mol. The fourth-order valence-electron chi connectivity index (χ4n) is 3.67. The maximum absolute atomic E-state index is 12.6. The van der Waals surface area contributed by atoms with E-state index in [1.165, 1.54) is 22.0 Å². The number of amides is 1. The summed E-state index contributed by atoms with van der Waals surface area (Å²) < 4.78 is 2.17. The van der Waals surface area contributed by atoms with Gasteiger partial charge in [0.2, 0.25) is 5.91 Å². The normalized spacial score (nSPS) is 12.4. The Morgan fingerprint density at radius 3 is 2.48 bits per heavy atom. The molecule has 3 heteroatoms. The zero-order valence-corrected chi connectivity index (χ0v) is 16.6. The van der Waals surface area contributed by atoms with E-state index in [1.54, 1.807) is 0 Å². The molecule has 0 fully saturated rings. The van der Waals surface area contributed by atoms with E-state index in [-0.39, 0.29) is 11.8 Å². The van der Waals surface area contributed by atoms with E-state index in [0.29, 0.717) is 12.3 Å². The fraction of sp³-hybridized carbons (Fsp3) is 0.375. The van der Waals surface area contributed by atoms with E-state index in [4.69, 9.17) is 0 Å². The summed E-state index contributed by atoms with van der Waals surface area (Å²) in [7, 11) is 2.08. The predicted molar refractivity (Wildman–Crippen MR) is 113 cm³/mol. The van der Waals surface area contributed by atoms with Gasteiger partial charge in [-0.15, -0.1) is 0 Å². The summed E-state index contributed by atoms with van der Waals surface area (Å²) in [6.45, 7) is 4.98. The molecule has 1 atom stereocenters. The summed E-state index contributed by atoms with van der Waals surface area (Å²) in [5.41, 5.74) is 3.83. The topological polar surface area (TPSA) is 34.0 Å². The highest BCUT2D eigenvalue weighted by molar-refractivity contribution is 5.85. The third-order valence-electron chi connectivity index (χ3n) is 5.13. The smallest absolute Gasteiger partial charge is 0.220 e. The average Bonchev–Trinajstić information content (AvgIpc) is 3.01. The number of aryl methyl sites for hydroxylation is 2. The number of hydrogen-bond donors (Lipinski definition) is 1. The minimum atomic E-state index is 0.148. The van der Waals surface area contributed by atoms with Gasteiger partial charge >= 0.3 is 0 Å². The quantitative estimate of drug-likeness (QED) is 0.597. The maximum Gasteiger partial charge on any atom is 0.220 e. The summed E-state index contributed by atoms with van der Waals surface area (Å²) in [5, 5.41) is 4.35. The van der Waals surface area contributed by atoms with Crippen LogP contribution in [0.15, 0.2) is 60.8 Å². The van der Waals surface area contributed by atoms with E-state index in [0.717, 1.165) is 19.4 Å². The van der Waals surface area contributed by atoms with Crippen molar-refractivity contribution in [1.29, 1.82) is 0 Å². The van der Waals surface area contributed by atoms with E-state index < -0.39 is 0 Å². The second-order valence-corrected chi connectivity index (χ2v) is 7.84. The van der Waals surface area contributed by atoms with Crippen molar-refractivity contribution in [1.82, 2.24) is 9.88 Å². The summed E-state index contributed by atoms with van der Waals surface area (Å²) in [6, 6.07) is 19.0. The lowest BCUT2D eigenvalue weighted by Crippen LogP contribution is -2.28. The molecule has 3 aromatic rings. The van der Waals surface area contributed by atoms with Crippen LogP contribution >= 0.6 is 0 Å². The molecule has 27 heavy (non-hydrogen) atoms. The molecule has 142 valence electrons. The molecular formula is C24H30N2O. The molecule has 0 bridgehead atoms. The molecule has 0 saturated heterocycles. The maximum atomic E-state index is 12.6. The van der Waals surface area contributed by atoms with Crippen LogP contribution in [0.25, 0.3) is 10.9 Å². The van der Waals surface area contributed by atoms with Crippen LogP contribution in [0, 0.1) is 5.92 Å². The van der Waals surface area contributed by atoms with Crippen LogP contribution in [0.4, 0.5) is 0 Å². The molecule has 3 rings (SSSR count). The second kappa shape index (κ2) is 8.90. The van der Waals surface area contributed by atoms with E-state index >= 15 is 0 Å². The molecule has 1 heterocycles. The fourth-order valence-corrected chi connectivity index (χ4v) is 3.67. The first-order valence-corrected chi connectivity index (χ1v) is 9.89. The van der Waals surface area contributed by atoms with Crippen molar-refractivity contribution in [2.75, 3.05) is 6.54 Å². The van der Waals surface area contributed by atoms with Gasteiger partial charge in [0.05, 0.1) is 0 Å². The molecule has 2 aromatic carbocycles. The molecule has 1 N–H and O–H groups in total. The molecular weight excluding hydrogens is 332 g/mol. The standard InChI is InChI=1S/C24H30N2O/c1-18(2)16-25-24(27)15-20(14-13-19-9-5-4-6-10-19)22-17-26(3)23-12-8-7-11-21(22)23/h4-12,17-18,20H,13-16H2,1-3H3,(H,25,27)/t20-/m0/s1. The Morgan fingerprint density at radius 2 is 1.74 bits per heavy atom. The van der Waals surface area contributed by atoms with Gasteiger partial charge in [-0.1, -0.05) is 62.4 Å². The summed E-state index contributed by atoms with van der Waals surface area (Å²) in [5.74, 6) is 0.826. The summed E-state index contributed by atoms with van der Waals surface area (Å²) in [6.07, 6.45) is 4.68. The van der Waals surface area contributed by atoms with Gasteiger partial charge in [0.25, 0.3) is 0 Å². The first-order chi connectivity index (χ1) is 13.0. The van der Waals surface area contributed by atoms with Crippen molar-refractivity contribution in [3.8, 4) is 0 Å². The number of para-hydroxylation sites is 1. The number of fused-ring (bicyclic) bond motifs is 1. The Morgan fingerprint density at radius 1 is 1.04 bits per heavy atom. The second-order valence-electron chi connectivity index (χ2n) is 7.84. The van der Waals surface area contributed by atoms with Gasteiger partial charge in [-0.3, -0.25) is 4.79 Å². The number of carbonyl (C=O) groups excluding carboxylic acids is 1. The van der Waals surface area contributed by atoms with E-state index in [2.05, 4.69) is 85.5 Å². The third-order valence-corrected chi connectivity index (χ3v) is 5.13. The molecule has 0 aliphatic rings. The lowest BCUT2D eigenvalue weighted by atomic mass is 9.89. The number of rotatable bonds is 8. The average molecular weight is 363 g/mol. The van der Waals surface area contributed by atoms with Crippen LogP contribution in [0.3, 0.4) is 0 Å². The number of benzene rings is 2. The van der Waals surface area contributed by atoms with Crippen molar-refractivity contribution in [2.24, 2.45) is 13.0 Å². The number of hydrogen-bond acceptors (Lipinski definition) is 1. The van der Waals surface area contributed by atoms with Crippen LogP contribution in [0.5, 0.6) is 0 Å². The molecule has 1 aromatic heterocycles. The highest BCUT2D eigenvalue weighted by Gasteiger charge is 2.20. The zero-order chi connectivity index (χ0) is 19.2. The van der Waals surface area contributed by atoms with Crippen LogP contribution in [-0.4, -0.2) is 17.0 Å². The molecule has 0 aliphatic carbocycles. The predicted octanol–water partition coefficient (Wildman–Crippen LogP) is 5.06. The van der Waals surface area contributed by atoms with Gasteiger partial charge in [-0.25, -0.2) is 0 Å². The Balaban J connectivity index is 1.83. The van der Waals surface area contributed by atoms with Crippen LogP contribution in [-0.2, 0) is 18.3 Å². The van der Waals surface area contributed by atoms with E-state index in [9.17, 15) is 4.79 Å². The van der Waals surface area contributed by atoms with Crippen LogP contribution in [0.1, 0.15) is 43.7 Å². The highest BCUT2D eigenvalue weighted by atomic mass is 16.1. The van der Waals surface area contributed by atoms with E-state index in [1.807, 2.05) is 6.07 Å². The molecule has 1 amide bonds. The van der Waals surface area contributed by atoms with Gasteiger partial charge in [-0.05, 0) is 41.9 Å². The van der Waals surface area contributed by atoms with Gasteiger partial charge < -0.3 is 9.88 Å². The minimum Gasteiger partial charge on any atom is -0.356 e. The Kier molecular flexibility index (Phi) is 6.33. The Bertz CT molecular complexity index is 880. The Labute approximate surface area is 162 Å². The van der Waals surface area contributed by atoms with Crippen LogP contribution in [0.2, 0.25) is 0 Å². The number of nitrogens with one attached hydrogen (secondary N) is 1. The SMILES string of the molecule is CC(C)CNC(=O)C[C@H](CCc1ccccc1)c1cn(C)c2ccccc12. The Hall–Kier alpha value is -2.55. The van der Waals surface area contributed by atoms with Crippen molar-refractivity contribution < 1.29 is 4.79 Å². The molecule has 0 unspecified atom stereocenters. The highest BCUT2D eigenvalue weighted by Crippen LogP contribution is 2.32. The van der Waals surface area contributed by atoms with Crippen molar-refractivity contribution in [2.45, 2.75) is 39.0 Å². The molecule has 0 saturated carbocycles. The van der Waals surface area contributed by atoms with Crippen LogP contribution < -0.4 is 5.32 Å². The number of aromatic nitrogens is 1.